The van der Waals surface area contributed by atoms with Gasteiger partial charge < -0.3 is 4.55 Å². The lowest BCUT2D eigenvalue weighted by Gasteiger charge is -2.39. The highest BCUT2D eigenvalue weighted by atomic mass is 32.2. The maximum absolute atomic E-state index is 11.3. The van der Waals surface area contributed by atoms with Crippen molar-refractivity contribution in [2.24, 2.45) is 0 Å². The largest absolute Gasteiger partial charge is 0.598 e. The SMILES string of the molecule is C[S+]([O-])N1CCN(C2CCCCC2)CC1. The fourth-order valence-corrected chi connectivity index (χ4v) is 3.45. The molecule has 4 heteroatoms. The van der Waals surface area contributed by atoms with Gasteiger partial charge in [-0.3, -0.25) is 4.90 Å². The molecule has 1 unspecified atom stereocenters. The molecule has 3 nitrogen and oxygen atoms in total. The average Bonchev–Trinajstić information content (AvgIpc) is 2.30. The number of rotatable bonds is 2. The van der Waals surface area contributed by atoms with Crippen LogP contribution in [0.4, 0.5) is 0 Å². The molecule has 2 rings (SSSR count). The third-order valence-corrected chi connectivity index (χ3v) is 4.82. The van der Waals surface area contributed by atoms with Crippen molar-refractivity contribution >= 4 is 11.4 Å². The predicted molar refractivity (Wildman–Crippen MR) is 64.1 cm³/mol. The molecule has 2 fully saturated rings. The quantitative estimate of drug-likeness (QED) is 0.668. The van der Waals surface area contributed by atoms with E-state index in [1.807, 2.05) is 0 Å². The molecule has 0 bridgehead atoms. The third-order valence-electron chi connectivity index (χ3n) is 3.73. The van der Waals surface area contributed by atoms with E-state index in [9.17, 15) is 4.55 Å². The van der Waals surface area contributed by atoms with E-state index >= 15 is 0 Å². The zero-order valence-corrected chi connectivity index (χ0v) is 10.5. The minimum atomic E-state index is -0.765. The number of nitrogens with zero attached hydrogens (tertiary/aromatic N) is 2. The van der Waals surface area contributed by atoms with Crippen molar-refractivity contribution in [3.8, 4) is 0 Å². The number of hydrogen-bond acceptors (Lipinski definition) is 3. The molecule has 1 saturated carbocycles. The Morgan fingerprint density at radius 3 is 2.13 bits per heavy atom. The van der Waals surface area contributed by atoms with Gasteiger partial charge in [-0.15, -0.1) is 4.31 Å². The minimum absolute atomic E-state index is 0.765. The van der Waals surface area contributed by atoms with Crippen LogP contribution in [0.15, 0.2) is 0 Å². The fraction of sp³-hybridized carbons (Fsp3) is 1.00. The highest BCUT2D eigenvalue weighted by Gasteiger charge is 2.27. The first kappa shape index (κ1) is 11.7. The first-order chi connectivity index (χ1) is 7.27. The lowest BCUT2D eigenvalue weighted by atomic mass is 9.94. The normalized spacial score (nSPS) is 29.2. The Morgan fingerprint density at radius 2 is 1.60 bits per heavy atom. The van der Waals surface area contributed by atoms with Crippen LogP contribution in [0.2, 0.25) is 0 Å². The summed E-state index contributed by atoms with van der Waals surface area (Å²) in [5.41, 5.74) is 0. The van der Waals surface area contributed by atoms with Gasteiger partial charge in [-0.2, -0.15) is 0 Å². The average molecular weight is 230 g/mol. The van der Waals surface area contributed by atoms with Gasteiger partial charge in [-0.1, -0.05) is 19.3 Å². The van der Waals surface area contributed by atoms with E-state index in [-0.39, 0.29) is 0 Å². The molecular weight excluding hydrogens is 208 g/mol. The molecule has 1 aliphatic heterocycles. The molecule has 1 atom stereocenters. The van der Waals surface area contributed by atoms with Crippen molar-refractivity contribution in [3.63, 3.8) is 0 Å². The monoisotopic (exact) mass is 230 g/mol. The second-order valence-corrected chi connectivity index (χ2v) is 6.04. The summed E-state index contributed by atoms with van der Waals surface area (Å²) in [5, 5.41) is 0. The molecule has 0 aromatic heterocycles. The Bertz CT molecular complexity index is 187. The van der Waals surface area contributed by atoms with Crippen molar-refractivity contribution in [2.75, 3.05) is 32.4 Å². The van der Waals surface area contributed by atoms with Gasteiger partial charge in [-0.05, 0) is 12.8 Å². The van der Waals surface area contributed by atoms with Crippen molar-refractivity contribution in [2.45, 2.75) is 38.1 Å². The van der Waals surface area contributed by atoms with E-state index in [1.165, 1.54) is 32.1 Å². The lowest BCUT2D eigenvalue weighted by Crippen LogP contribution is -2.52. The summed E-state index contributed by atoms with van der Waals surface area (Å²) >= 11 is -0.765. The Kier molecular flexibility index (Phi) is 4.31. The lowest BCUT2D eigenvalue weighted by molar-refractivity contribution is 0.111. The molecule has 0 N–H and O–H groups in total. The molecule has 1 heterocycles. The van der Waals surface area contributed by atoms with E-state index in [2.05, 4.69) is 9.21 Å². The molecule has 0 aromatic carbocycles. The molecule has 0 amide bonds. The summed E-state index contributed by atoms with van der Waals surface area (Å²) in [5.74, 6) is 0. The smallest absolute Gasteiger partial charge is 0.115 e. The second kappa shape index (κ2) is 5.53. The van der Waals surface area contributed by atoms with Gasteiger partial charge in [0.1, 0.15) is 6.26 Å². The van der Waals surface area contributed by atoms with Crippen molar-refractivity contribution in [1.29, 1.82) is 0 Å². The zero-order valence-electron chi connectivity index (χ0n) is 9.65. The van der Waals surface area contributed by atoms with Crippen molar-refractivity contribution < 1.29 is 4.55 Å². The molecule has 1 saturated heterocycles. The molecule has 1 aliphatic carbocycles. The molecule has 15 heavy (non-hydrogen) atoms. The van der Waals surface area contributed by atoms with Gasteiger partial charge in [0.15, 0.2) is 0 Å². The summed E-state index contributed by atoms with van der Waals surface area (Å²) in [7, 11) is 0. The highest BCUT2D eigenvalue weighted by molar-refractivity contribution is 7.88. The first-order valence-corrected chi connectivity index (χ1v) is 7.61. The van der Waals surface area contributed by atoms with Crippen LogP contribution in [-0.4, -0.2) is 52.2 Å². The number of hydrogen-bond donors (Lipinski definition) is 0. The van der Waals surface area contributed by atoms with Gasteiger partial charge in [-0.25, -0.2) is 0 Å². The van der Waals surface area contributed by atoms with E-state index in [4.69, 9.17) is 0 Å². The van der Waals surface area contributed by atoms with E-state index in [0.717, 1.165) is 32.2 Å². The van der Waals surface area contributed by atoms with Gasteiger partial charge in [0.25, 0.3) is 0 Å². The van der Waals surface area contributed by atoms with Crippen LogP contribution < -0.4 is 0 Å². The summed E-state index contributed by atoms with van der Waals surface area (Å²) in [6, 6.07) is 0.825. The fourth-order valence-electron chi connectivity index (χ4n) is 2.77. The van der Waals surface area contributed by atoms with Crippen LogP contribution in [0, 0.1) is 0 Å². The third kappa shape index (κ3) is 3.09. The Balaban J connectivity index is 1.77. The topological polar surface area (TPSA) is 29.5 Å². The second-order valence-electron chi connectivity index (χ2n) is 4.68. The Morgan fingerprint density at radius 1 is 1.00 bits per heavy atom. The van der Waals surface area contributed by atoms with Crippen molar-refractivity contribution in [3.05, 3.63) is 0 Å². The highest BCUT2D eigenvalue weighted by Crippen LogP contribution is 2.23. The van der Waals surface area contributed by atoms with Gasteiger partial charge in [0.2, 0.25) is 0 Å². The Labute approximate surface area is 96.1 Å². The van der Waals surface area contributed by atoms with Crippen LogP contribution >= 0.6 is 0 Å². The Hall–Kier alpha value is 0.230. The van der Waals surface area contributed by atoms with Gasteiger partial charge in [0.05, 0.1) is 13.1 Å². The molecule has 0 spiro atoms. The number of piperazine rings is 1. The summed E-state index contributed by atoms with van der Waals surface area (Å²) in [6.45, 7) is 4.20. The maximum Gasteiger partial charge on any atom is 0.115 e. The molecule has 2 aliphatic rings. The molecule has 0 aromatic rings. The summed E-state index contributed by atoms with van der Waals surface area (Å²) in [6.07, 6.45) is 8.80. The van der Waals surface area contributed by atoms with Gasteiger partial charge >= 0.3 is 0 Å². The van der Waals surface area contributed by atoms with Crippen molar-refractivity contribution in [1.82, 2.24) is 9.21 Å². The van der Waals surface area contributed by atoms with E-state index < -0.39 is 11.4 Å². The molecule has 88 valence electrons. The van der Waals surface area contributed by atoms with Crippen LogP contribution in [0.5, 0.6) is 0 Å². The minimum Gasteiger partial charge on any atom is -0.598 e. The van der Waals surface area contributed by atoms with Crippen LogP contribution in [-0.2, 0) is 11.4 Å². The maximum atomic E-state index is 11.3. The van der Waals surface area contributed by atoms with Gasteiger partial charge in [0, 0.05) is 30.5 Å². The van der Waals surface area contributed by atoms with Crippen LogP contribution in [0.1, 0.15) is 32.1 Å². The standard InChI is InChI=1S/C11H22N2OS/c1-15(14)13-9-7-12(8-10-13)11-5-3-2-4-6-11/h11H,2-10H2,1H3. The van der Waals surface area contributed by atoms with Crippen LogP contribution in [0.25, 0.3) is 0 Å². The van der Waals surface area contributed by atoms with E-state index in [1.54, 1.807) is 6.26 Å². The molecular formula is C11H22N2OS. The van der Waals surface area contributed by atoms with E-state index in [0.29, 0.717) is 0 Å². The zero-order chi connectivity index (χ0) is 10.7. The summed E-state index contributed by atoms with van der Waals surface area (Å²) in [4.78, 5) is 2.61. The molecule has 0 radical (unpaired) electrons. The summed E-state index contributed by atoms with van der Waals surface area (Å²) < 4.78 is 13.4. The predicted octanol–water partition coefficient (Wildman–Crippen LogP) is 1.23. The first-order valence-electron chi connectivity index (χ1n) is 6.10. The van der Waals surface area contributed by atoms with Crippen LogP contribution in [0.3, 0.4) is 0 Å².